The van der Waals surface area contributed by atoms with Crippen molar-refractivity contribution >= 4 is 11.6 Å². The number of nitrogens with one attached hydrogen (secondary N) is 1. The summed E-state index contributed by atoms with van der Waals surface area (Å²) in [5.41, 5.74) is 0.986. The van der Waals surface area contributed by atoms with Gasteiger partial charge in [-0.25, -0.2) is 0 Å². The Bertz CT molecular complexity index is 189. The van der Waals surface area contributed by atoms with Gasteiger partial charge in [0.2, 0.25) is 5.91 Å². The Hall–Kier alpha value is -1.06. The predicted molar refractivity (Wildman–Crippen MR) is 41.3 cm³/mol. The highest BCUT2D eigenvalue weighted by molar-refractivity contribution is 5.83. The Morgan fingerprint density at radius 3 is 3.09 bits per heavy atom. The third-order valence-corrected chi connectivity index (χ3v) is 1.46. The van der Waals surface area contributed by atoms with Crippen molar-refractivity contribution in [1.29, 1.82) is 0 Å². The van der Waals surface area contributed by atoms with E-state index in [1.54, 1.807) is 0 Å². The van der Waals surface area contributed by atoms with Gasteiger partial charge < -0.3 is 10.2 Å². The lowest BCUT2D eigenvalue weighted by molar-refractivity contribution is -0.119. The number of hydrogen-bond donors (Lipinski definition) is 1. The third kappa shape index (κ3) is 2.57. The number of rotatable bonds is 2. The fourth-order valence-corrected chi connectivity index (χ4v) is 0.936. The minimum atomic E-state index is -0.0295. The summed E-state index contributed by atoms with van der Waals surface area (Å²) in [4.78, 5) is 15.5. The van der Waals surface area contributed by atoms with E-state index in [1.807, 2.05) is 6.92 Å². The lowest BCUT2D eigenvalue weighted by Gasteiger charge is -2.07. The minimum Gasteiger partial charge on any atom is -0.390 e. The van der Waals surface area contributed by atoms with E-state index >= 15 is 0 Å². The molecule has 1 heterocycles. The molecule has 0 unspecified atom stereocenters. The Morgan fingerprint density at radius 2 is 2.64 bits per heavy atom. The van der Waals surface area contributed by atoms with Crippen LogP contribution in [0.5, 0.6) is 0 Å². The first-order chi connectivity index (χ1) is 5.18. The number of carbonyl (C=O) groups excluding carboxylic acids is 1. The minimum absolute atomic E-state index is 0.0295. The summed E-state index contributed by atoms with van der Waals surface area (Å²) in [5.74, 6) is -0.0295. The van der Waals surface area contributed by atoms with Crippen LogP contribution < -0.4 is 5.32 Å². The zero-order valence-corrected chi connectivity index (χ0v) is 6.76. The van der Waals surface area contributed by atoms with Crippen LogP contribution in [0, 0.1) is 0 Å². The average molecular weight is 156 g/mol. The summed E-state index contributed by atoms with van der Waals surface area (Å²) >= 11 is 0. The van der Waals surface area contributed by atoms with Crippen LogP contribution in [-0.4, -0.2) is 24.3 Å². The summed E-state index contributed by atoms with van der Waals surface area (Å²) in [6.45, 7) is 3.95. The highest BCUT2D eigenvalue weighted by Gasteiger charge is 2.17. The number of carbonyl (C=O) groups is 1. The zero-order chi connectivity index (χ0) is 8.27. The van der Waals surface area contributed by atoms with Gasteiger partial charge in [-0.15, -0.1) is 0 Å². The van der Waals surface area contributed by atoms with Gasteiger partial charge in [-0.2, -0.15) is 0 Å². The van der Waals surface area contributed by atoms with Crippen LogP contribution in [0.4, 0.5) is 0 Å². The molecule has 0 fully saturated rings. The molecule has 4 heteroatoms. The Balaban J connectivity index is 2.16. The van der Waals surface area contributed by atoms with Crippen LogP contribution in [0.3, 0.4) is 0 Å². The van der Waals surface area contributed by atoms with E-state index in [2.05, 4.69) is 10.5 Å². The van der Waals surface area contributed by atoms with Crippen molar-refractivity contribution in [2.75, 3.05) is 6.54 Å². The Labute approximate surface area is 65.6 Å². The number of nitrogens with zero attached hydrogens (tertiary/aromatic N) is 1. The van der Waals surface area contributed by atoms with E-state index < -0.39 is 0 Å². The molecule has 0 radical (unpaired) electrons. The smallest absolute Gasteiger partial charge is 0.217 e. The van der Waals surface area contributed by atoms with Crippen molar-refractivity contribution in [2.45, 2.75) is 26.4 Å². The van der Waals surface area contributed by atoms with Gasteiger partial charge in [0.25, 0.3) is 0 Å². The molecule has 1 aliphatic heterocycles. The summed E-state index contributed by atoms with van der Waals surface area (Å²) in [5, 5.41) is 6.43. The van der Waals surface area contributed by atoms with E-state index in [0.29, 0.717) is 6.54 Å². The van der Waals surface area contributed by atoms with Crippen LogP contribution in [0.15, 0.2) is 5.16 Å². The van der Waals surface area contributed by atoms with Crippen LogP contribution in [0.25, 0.3) is 0 Å². The second-order valence-electron chi connectivity index (χ2n) is 2.70. The van der Waals surface area contributed by atoms with Crippen LogP contribution in [0.2, 0.25) is 0 Å². The largest absolute Gasteiger partial charge is 0.390 e. The molecule has 11 heavy (non-hydrogen) atoms. The summed E-state index contributed by atoms with van der Waals surface area (Å²) in [6.07, 6.45) is 0.860. The first-order valence-corrected chi connectivity index (χ1v) is 3.62. The van der Waals surface area contributed by atoms with Gasteiger partial charge >= 0.3 is 0 Å². The topological polar surface area (TPSA) is 50.7 Å². The lowest BCUT2D eigenvalue weighted by Crippen LogP contribution is -2.30. The maximum atomic E-state index is 10.5. The lowest BCUT2D eigenvalue weighted by atomic mass is 10.2. The fraction of sp³-hybridized carbons (Fsp3) is 0.714. The van der Waals surface area contributed by atoms with E-state index in [1.165, 1.54) is 6.92 Å². The molecule has 1 atom stereocenters. The number of oxime groups is 1. The molecule has 4 nitrogen and oxygen atoms in total. The van der Waals surface area contributed by atoms with E-state index in [0.717, 1.165) is 12.1 Å². The highest BCUT2D eigenvalue weighted by Crippen LogP contribution is 2.08. The van der Waals surface area contributed by atoms with Crippen molar-refractivity contribution in [3.63, 3.8) is 0 Å². The molecule has 62 valence electrons. The van der Waals surface area contributed by atoms with Crippen LogP contribution >= 0.6 is 0 Å². The van der Waals surface area contributed by atoms with Crippen molar-refractivity contribution < 1.29 is 9.63 Å². The SMILES string of the molecule is CC(=O)NC[C@@H]1CC(C)=NO1. The van der Waals surface area contributed by atoms with Gasteiger partial charge in [-0.1, -0.05) is 5.16 Å². The van der Waals surface area contributed by atoms with Gasteiger partial charge in [0.1, 0.15) is 6.10 Å². The van der Waals surface area contributed by atoms with Crippen LogP contribution in [-0.2, 0) is 9.63 Å². The predicted octanol–water partition coefficient (Wildman–Crippen LogP) is 0.287. The zero-order valence-electron chi connectivity index (χ0n) is 6.76. The normalized spacial score (nSPS) is 22.4. The molecule has 1 N–H and O–H groups in total. The van der Waals surface area contributed by atoms with Gasteiger partial charge in [0, 0.05) is 13.3 Å². The number of hydrogen-bond acceptors (Lipinski definition) is 3. The first kappa shape index (κ1) is 8.04. The maximum absolute atomic E-state index is 10.5. The van der Waals surface area contributed by atoms with E-state index in [9.17, 15) is 4.79 Å². The van der Waals surface area contributed by atoms with E-state index in [4.69, 9.17) is 4.84 Å². The molecule has 0 saturated heterocycles. The Morgan fingerprint density at radius 1 is 1.91 bits per heavy atom. The molecule has 0 aromatic heterocycles. The highest BCUT2D eigenvalue weighted by atomic mass is 16.6. The number of amides is 1. The van der Waals surface area contributed by atoms with Gasteiger partial charge in [0.15, 0.2) is 0 Å². The summed E-state index contributed by atoms with van der Waals surface area (Å²) in [6, 6.07) is 0. The summed E-state index contributed by atoms with van der Waals surface area (Å²) in [7, 11) is 0. The molecule has 1 amide bonds. The van der Waals surface area contributed by atoms with Crippen LogP contribution in [0.1, 0.15) is 20.3 Å². The molecule has 1 aliphatic rings. The van der Waals surface area contributed by atoms with Crippen molar-refractivity contribution in [1.82, 2.24) is 5.32 Å². The molecule has 0 aliphatic carbocycles. The second kappa shape index (κ2) is 3.37. The third-order valence-electron chi connectivity index (χ3n) is 1.46. The second-order valence-corrected chi connectivity index (χ2v) is 2.70. The van der Waals surface area contributed by atoms with Gasteiger partial charge in [0.05, 0.1) is 12.3 Å². The van der Waals surface area contributed by atoms with Crippen molar-refractivity contribution in [2.24, 2.45) is 5.16 Å². The van der Waals surface area contributed by atoms with Gasteiger partial charge in [-0.3, -0.25) is 4.79 Å². The molecule has 0 spiro atoms. The fourth-order valence-electron chi connectivity index (χ4n) is 0.936. The molecule has 0 bridgehead atoms. The molecule has 0 saturated carbocycles. The van der Waals surface area contributed by atoms with Crippen molar-refractivity contribution in [3.05, 3.63) is 0 Å². The van der Waals surface area contributed by atoms with Gasteiger partial charge in [-0.05, 0) is 6.92 Å². The monoisotopic (exact) mass is 156 g/mol. The summed E-state index contributed by atoms with van der Waals surface area (Å²) < 4.78 is 0. The molecular formula is C7H12N2O2. The van der Waals surface area contributed by atoms with E-state index in [-0.39, 0.29) is 12.0 Å². The molecule has 0 aromatic carbocycles. The maximum Gasteiger partial charge on any atom is 0.217 e. The first-order valence-electron chi connectivity index (χ1n) is 3.62. The Kier molecular flexibility index (Phi) is 2.46. The average Bonchev–Trinajstić information content (AvgIpc) is 2.31. The molecular weight excluding hydrogens is 144 g/mol. The molecule has 0 aromatic rings. The quantitative estimate of drug-likeness (QED) is 0.624. The van der Waals surface area contributed by atoms with Crippen molar-refractivity contribution in [3.8, 4) is 0 Å². The molecule has 1 rings (SSSR count). The standard InChI is InChI=1S/C7H12N2O2/c1-5-3-7(11-9-5)4-8-6(2)10/h7H,3-4H2,1-2H3,(H,8,10)/t7-/m0/s1.